The van der Waals surface area contributed by atoms with Gasteiger partial charge in [-0.1, -0.05) is 60.7 Å². The third-order valence-corrected chi connectivity index (χ3v) is 8.69. The summed E-state index contributed by atoms with van der Waals surface area (Å²) < 4.78 is 11.7. The first kappa shape index (κ1) is 31.6. The normalized spacial score (nSPS) is 11.9. The molecule has 0 saturated carbocycles. The Balaban J connectivity index is 1.36. The lowest BCUT2D eigenvalue weighted by atomic mass is 9.98. The minimum absolute atomic E-state index is 0.0748. The fraction of sp³-hybridized carbons (Fsp3) is 0.257. The highest BCUT2D eigenvalue weighted by Crippen LogP contribution is 2.37. The lowest BCUT2D eigenvalue weighted by Crippen LogP contribution is -2.49. The summed E-state index contributed by atoms with van der Waals surface area (Å²) in [6.45, 7) is 3.84. The van der Waals surface area contributed by atoms with E-state index in [1.807, 2.05) is 73.7 Å². The third-order valence-electron chi connectivity index (χ3n) is 7.59. The predicted octanol–water partition coefficient (Wildman–Crippen LogP) is 5.76. The summed E-state index contributed by atoms with van der Waals surface area (Å²) in [6.07, 6.45) is -0.0788. The standard InChI is InChI=1S/C35H34N2O7S/c1-21-25-16-27-30(43-22(2)33(27)24-12-7-4-8-13-24)18-29(25)44-35(42)26(21)17-31(38)37-28(34(41)36-15-9-14-32(39)40)20-45-19-23-10-5-3-6-11-23/h3-8,10-13,16,18,28H,9,14-15,17,19-20H2,1-2H3,(H,36,41)(H,37,38)(H,39,40)/t28-/m1/s1. The molecule has 45 heavy (non-hydrogen) atoms. The van der Waals surface area contributed by atoms with E-state index in [9.17, 15) is 19.2 Å². The zero-order valence-electron chi connectivity index (χ0n) is 25.1. The van der Waals surface area contributed by atoms with Crippen molar-refractivity contribution in [2.24, 2.45) is 0 Å². The Morgan fingerprint density at radius 2 is 1.60 bits per heavy atom. The first-order valence-electron chi connectivity index (χ1n) is 14.7. The average molecular weight is 627 g/mol. The van der Waals surface area contributed by atoms with Crippen molar-refractivity contribution in [3.63, 3.8) is 0 Å². The molecule has 3 N–H and O–H groups in total. The first-order chi connectivity index (χ1) is 21.7. The van der Waals surface area contributed by atoms with Gasteiger partial charge in [0.2, 0.25) is 11.8 Å². The monoisotopic (exact) mass is 626 g/mol. The molecule has 0 bridgehead atoms. The maximum absolute atomic E-state index is 13.3. The highest BCUT2D eigenvalue weighted by molar-refractivity contribution is 7.98. The molecule has 10 heteroatoms. The highest BCUT2D eigenvalue weighted by Gasteiger charge is 2.24. The highest BCUT2D eigenvalue weighted by atomic mass is 32.2. The smallest absolute Gasteiger partial charge is 0.340 e. The predicted molar refractivity (Wildman–Crippen MR) is 175 cm³/mol. The molecule has 5 rings (SSSR count). The van der Waals surface area contributed by atoms with E-state index >= 15 is 0 Å². The van der Waals surface area contributed by atoms with Crippen LogP contribution in [-0.2, 0) is 26.6 Å². The number of carbonyl (C=O) groups is 3. The van der Waals surface area contributed by atoms with Crippen molar-refractivity contribution in [1.82, 2.24) is 10.6 Å². The van der Waals surface area contributed by atoms with Crippen LogP contribution in [0.3, 0.4) is 0 Å². The zero-order valence-corrected chi connectivity index (χ0v) is 25.9. The van der Waals surface area contributed by atoms with Gasteiger partial charge in [-0.2, -0.15) is 11.8 Å². The number of rotatable bonds is 13. The van der Waals surface area contributed by atoms with Crippen molar-refractivity contribution in [2.75, 3.05) is 12.3 Å². The van der Waals surface area contributed by atoms with Gasteiger partial charge in [0.1, 0.15) is 23.0 Å². The Hall–Kier alpha value is -4.83. The number of benzene rings is 3. The van der Waals surface area contributed by atoms with Crippen LogP contribution in [0.2, 0.25) is 0 Å². The lowest BCUT2D eigenvalue weighted by Gasteiger charge is -2.19. The SMILES string of the molecule is Cc1oc2cc3oc(=O)c(CC(=O)N[C@H](CSCc4ccccc4)C(=O)NCCCC(=O)O)c(C)c3cc2c1-c1ccccc1. The molecule has 1 atom stereocenters. The number of amides is 2. The minimum Gasteiger partial charge on any atom is -0.481 e. The van der Waals surface area contributed by atoms with Gasteiger partial charge in [0.15, 0.2) is 0 Å². The summed E-state index contributed by atoms with van der Waals surface area (Å²) in [4.78, 5) is 50.3. The van der Waals surface area contributed by atoms with Crippen molar-refractivity contribution in [2.45, 2.75) is 44.9 Å². The Morgan fingerprint density at radius 3 is 2.31 bits per heavy atom. The maximum Gasteiger partial charge on any atom is 0.340 e. The van der Waals surface area contributed by atoms with Crippen LogP contribution in [0.15, 0.2) is 86.4 Å². The molecule has 0 fully saturated rings. The van der Waals surface area contributed by atoms with E-state index in [-0.39, 0.29) is 37.1 Å². The molecule has 232 valence electrons. The number of hydrogen-bond donors (Lipinski definition) is 3. The summed E-state index contributed by atoms with van der Waals surface area (Å²) in [5.41, 5.74) is 4.17. The molecule has 0 aliphatic carbocycles. The zero-order chi connectivity index (χ0) is 31.9. The van der Waals surface area contributed by atoms with Crippen molar-refractivity contribution < 1.29 is 28.3 Å². The molecular weight excluding hydrogens is 592 g/mol. The minimum atomic E-state index is -0.947. The number of carboxylic acids is 1. The van der Waals surface area contributed by atoms with Crippen molar-refractivity contribution in [3.8, 4) is 11.1 Å². The van der Waals surface area contributed by atoms with Gasteiger partial charge in [0, 0.05) is 46.9 Å². The number of furan rings is 1. The summed E-state index contributed by atoms with van der Waals surface area (Å²) in [6, 6.07) is 22.4. The van der Waals surface area contributed by atoms with E-state index in [0.717, 1.165) is 27.8 Å². The van der Waals surface area contributed by atoms with E-state index < -0.39 is 29.5 Å². The van der Waals surface area contributed by atoms with Gasteiger partial charge in [-0.15, -0.1) is 0 Å². The van der Waals surface area contributed by atoms with Crippen LogP contribution < -0.4 is 16.3 Å². The molecular formula is C35H34N2O7S. The summed E-state index contributed by atoms with van der Waals surface area (Å²) >= 11 is 1.49. The molecule has 0 spiro atoms. The Kier molecular flexibility index (Phi) is 10.0. The van der Waals surface area contributed by atoms with E-state index in [2.05, 4.69) is 10.6 Å². The third kappa shape index (κ3) is 7.64. The van der Waals surface area contributed by atoms with Gasteiger partial charge in [0.25, 0.3) is 0 Å². The largest absolute Gasteiger partial charge is 0.481 e. The van der Waals surface area contributed by atoms with Crippen molar-refractivity contribution >= 4 is 51.5 Å². The summed E-state index contributed by atoms with van der Waals surface area (Å²) in [7, 11) is 0. The number of thioether (sulfide) groups is 1. The number of nitrogens with one attached hydrogen (secondary N) is 2. The number of carbonyl (C=O) groups excluding carboxylic acids is 2. The molecule has 2 aromatic heterocycles. The topological polar surface area (TPSA) is 139 Å². The van der Waals surface area contributed by atoms with Gasteiger partial charge in [-0.25, -0.2) is 4.79 Å². The fourth-order valence-corrected chi connectivity index (χ4v) is 6.32. The fourth-order valence-electron chi connectivity index (χ4n) is 5.30. The quantitative estimate of drug-likeness (QED) is 0.111. The Morgan fingerprint density at radius 1 is 0.911 bits per heavy atom. The second kappa shape index (κ2) is 14.3. The van der Waals surface area contributed by atoms with Gasteiger partial charge in [-0.3, -0.25) is 14.4 Å². The van der Waals surface area contributed by atoms with Crippen LogP contribution in [0.4, 0.5) is 0 Å². The molecule has 0 aliphatic heterocycles. The second-order valence-electron chi connectivity index (χ2n) is 10.8. The summed E-state index contributed by atoms with van der Waals surface area (Å²) in [5, 5.41) is 16.0. The van der Waals surface area contributed by atoms with Crippen molar-refractivity contribution in [1.29, 1.82) is 0 Å². The molecule has 5 aromatic rings. The van der Waals surface area contributed by atoms with Crippen LogP contribution in [0.1, 0.15) is 35.3 Å². The average Bonchev–Trinajstić information content (AvgIpc) is 3.35. The molecule has 2 heterocycles. The van der Waals surface area contributed by atoms with Crippen molar-refractivity contribution in [3.05, 3.63) is 106 Å². The van der Waals surface area contributed by atoms with E-state index in [1.165, 1.54) is 11.8 Å². The molecule has 0 aliphatic rings. The molecule has 9 nitrogen and oxygen atoms in total. The maximum atomic E-state index is 13.3. The second-order valence-corrected chi connectivity index (χ2v) is 11.9. The number of aliphatic carboxylic acids is 1. The Labute approximate surface area is 264 Å². The number of hydrogen-bond acceptors (Lipinski definition) is 7. The van der Waals surface area contributed by atoms with Crippen LogP contribution in [-0.4, -0.2) is 41.2 Å². The number of carboxylic acid groups (broad SMARTS) is 1. The molecule has 3 aromatic carbocycles. The van der Waals surface area contributed by atoms with Crippen LogP contribution in [0.5, 0.6) is 0 Å². The summed E-state index contributed by atoms with van der Waals surface area (Å²) in [5.74, 6) is -0.194. The van der Waals surface area contributed by atoms with Gasteiger partial charge >= 0.3 is 11.6 Å². The van der Waals surface area contributed by atoms with Crippen LogP contribution >= 0.6 is 11.8 Å². The molecule has 0 unspecified atom stereocenters. The van der Waals surface area contributed by atoms with Gasteiger partial charge < -0.3 is 24.6 Å². The number of aryl methyl sites for hydroxylation is 2. The Bertz CT molecular complexity index is 1900. The molecule has 0 radical (unpaired) electrons. The number of fused-ring (bicyclic) bond motifs is 2. The van der Waals surface area contributed by atoms with E-state index in [1.54, 1.807) is 13.0 Å². The van der Waals surface area contributed by atoms with E-state index in [4.69, 9.17) is 13.9 Å². The molecule has 0 saturated heterocycles. The van der Waals surface area contributed by atoms with Gasteiger partial charge in [0.05, 0.1) is 12.0 Å². The van der Waals surface area contributed by atoms with Crippen LogP contribution in [0.25, 0.3) is 33.1 Å². The lowest BCUT2D eigenvalue weighted by molar-refractivity contribution is -0.137. The first-order valence-corrected chi connectivity index (χ1v) is 15.8. The van der Waals surface area contributed by atoms with Crippen LogP contribution in [0, 0.1) is 13.8 Å². The molecule has 2 amide bonds. The van der Waals surface area contributed by atoms with E-state index in [0.29, 0.717) is 27.9 Å². The van der Waals surface area contributed by atoms with Gasteiger partial charge in [-0.05, 0) is 43.0 Å².